The van der Waals surface area contributed by atoms with Crippen LogP contribution in [0.5, 0.6) is 0 Å². The molecule has 0 spiro atoms. The second-order valence-electron chi connectivity index (χ2n) is 5.23. The van der Waals surface area contributed by atoms with E-state index in [9.17, 15) is 4.79 Å². The van der Waals surface area contributed by atoms with Gasteiger partial charge in [-0.25, -0.2) is 4.98 Å². The van der Waals surface area contributed by atoms with Gasteiger partial charge in [0.15, 0.2) is 0 Å². The highest BCUT2D eigenvalue weighted by Crippen LogP contribution is 2.17. The van der Waals surface area contributed by atoms with Crippen LogP contribution < -0.4 is 5.32 Å². The number of nitrogens with zero attached hydrogens (tertiary/aromatic N) is 2. The normalized spacial score (nSPS) is 17.3. The smallest absolute Gasteiger partial charge is 0.268 e. The summed E-state index contributed by atoms with van der Waals surface area (Å²) in [6.45, 7) is 0. The maximum Gasteiger partial charge on any atom is 0.268 e. The van der Waals surface area contributed by atoms with Gasteiger partial charge < -0.3 is 5.32 Å². The third kappa shape index (κ3) is 2.62. The number of hydrogen-bond donors (Lipinski definition) is 1. The SMILES string of the molecule is O=C(NC1CCCCCC1)c1cccc2nccn12. The van der Waals surface area contributed by atoms with Gasteiger partial charge in [0.1, 0.15) is 11.3 Å². The second-order valence-corrected chi connectivity index (χ2v) is 5.23. The van der Waals surface area contributed by atoms with Crippen LogP contribution in [0.4, 0.5) is 0 Å². The van der Waals surface area contributed by atoms with Gasteiger partial charge in [0.05, 0.1) is 0 Å². The highest BCUT2D eigenvalue weighted by Gasteiger charge is 2.17. The van der Waals surface area contributed by atoms with E-state index in [0.717, 1.165) is 18.5 Å². The van der Waals surface area contributed by atoms with Crippen LogP contribution in [0.3, 0.4) is 0 Å². The molecule has 2 aromatic heterocycles. The van der Waals surface area contributed by atoms with Crippen LogP contribution in [0, 0.1) is 0 Å². The van der Waals surface area contributed by atoms with E-state index in [1.54, 1.807) is 6.20 Å². The zero-order valence-corrected chi connectivity index (χ0v) is 11.0. The van der Waals surface area contributed by atoms with Crippen molar-refractivity contribution >= 4 is 11.6 Å². The number of imidazole rings is 1. The lowest BCUT2D eigenvalue weighted by Crippen LogP contribution is -2.35. The zero-order valence-electron chi connectivity index (χ0n) is 11.0. The maximum atomic E-state index is 12.4. The molecule has 0 saturated heterocycles. The van der Waals surface area contributed by atoms with Crippen molar-refractivity contribution in [1.29, 1.82) is 0 Å². The minimum absolute atomic E-state index is 0.00972. The van der Waals surface area contributed by atoms with Crippen LogP contribution in [0.2, 0.25) is 0 Å². The molecule has 4 nitrogen and oxygen atoms in total. The van der Waals surface area contributed by atoms with E-state index in [4.69, 9.17) is 0 Å². The van der Waals surface area contributed by atoms with Gasteiger partial charge in [-0.15, -0.1) is 0 Å². The van der Waals surface area contributed by atoms with E-state index in [-0.39, 0.29) is 5.91 Å². The fourth-order valence-electron chi connectivity index (χ4n) is 2.82. The lowest BCUT2D eigenvalue weighted by atomic mass is 10.1. The average molecular weight is 257 g/mol. The first-order valence-corrected chi connectivity index (χ1v) is 7.07. The third-order valence-electron chi connectivity index (χ3n) is 3.85. The van der Waals surface area contributed by atoms with E-state index < -0.39 is 0 Å². The number of pyridine rings is 1. The van der Waals surface area contributed by atoms with Crippen LogP contribution >= 0.6 is 0 Å². The van der Waals surface area contributed by atoms with E-state index in [2.05, 4.69) is 10.3 Å². The van der Waals surface area contributed by atoms with Gasteiger partial charge in [-0.3, -0.25) is 9.20 Å². The van der Waals surface area contributed by atoms with Crippen molar-refractivity contribution in [1.82, 2.24) is 14.7 Å². The predicted molar refractivity (Wildman–Crippen MR) is 74.1 cm³/mol. The van der Waals surface area contributed by atoms with Gasteiger partial charge in [0.2, 0.25) is 0 Å². The van der Waals surface area contributed by atoms with Crippen molar-refractivity contribution in [2.24, 2.45) is 0 Å². The number of nitrogens with one attached hydrogen (secondary N) is 1. The minimum atomic E-state index is 0.00972. The number of carbonyl (C=O) groups excluding carboxylic acids is 1. The summed E-state index contributed by atoms with van der Waals surface area (Å²) in [5.41, 5.74) is 1.48. The quantitative estimate of drug-likeness (QED) is 0.841. The number of carbonyl (C=O) groups is 1. The summed E-state index contributed by atoms with van der Waals surface area (Å²) in [5, 5.41) is 3.17. The Balaban J connectivity index is 1.77. The van der Waals surface area contributed by atoms with Crippen LogP contribution in [0.15, 0.2) is 30.6 Å². The average Bonchev–Trinajstić information content (AvgIpc) is 2.76. The largest absolute Gasteiger partial charge is 0.348 e. The molecule has 0 unspecified atom stereocenters. The molecule has 2 heterocycles. The highest BCUT2D eigenvalue weighted by molar-refractivity contribution is 5.93. The first-order chi connectivity index (χ1) is 9.34. The Hall–Kier alpha value is -1.84. The van der Waals surface area contributed by atoms with Crippen molar-refractivity contribution in [3.8, 4) is 0 Å². The van der Waals surface area contributed by atoms with Crippen molar-refractivity contribution in [3.63, 3.8) is 0 Å². The monoisotopic (exact) mass is 257 g/mol. The van der Waals surface area contributed by atoms with Gasteiger partial charge in [-0.05, 0) is 25.0 Å². The van der Waals surface area contributed by atoms with Crippen LogP contribution in [0.1, 0.15) is 49.0 Å². The topological polar surface area (TPSA) is 46.4 Å². The van der Waals surface area contributed by atoms with E-state index >= 15 is 0 Å². The van der Waals surface area contributed by atoms with Gasteiger partial charge in [0, 0.05) is 18.4 Å². The molecule has 1 fully saturated rings. The fraction of sp³-hybridized carbons (Fsp3) is 0.467. The van der Waals surface area contributed by atoms with Crippen LogP contribution in [-0.4, -0.2) is 21.3 Å². The lowest BCUT2D eigenvalue weighted by molar-refractivity contribution is 0.0927. The molecule has 2 aromatic rings. The van der Waals surface area contributed by atoms with Crippen molar-refractivity contribution in [2.75, 3.05) is 0 Å². The Morgan fingerprint density at radius 1 is 1.21 bits per heavy atom. The second kappa shape index (κ2) is 5.43. The molecule has 0 atom stereocenters. The standard InChI is InChI=1S/C15H19N3O/c19-15(17-12-6-3-1-2-4-7-12)13-8-5-9-14-16-10-11-18(13)14/h5,8-12H,1-4,6-7H2,(H,17,19). The number of hydrogen-bond acceptors (Lipinski definition) is 2. The molecule has 0 aliphatic heterocycles. The Morgan fingerprint density at radius 3 is 2.79 bits per heavy atom. The molecule has 1 amide bonds. The predicted octanol–water partition coefficient (Wildman–Crippen LogP) is 2.79. The minimum Gasteiger partial charge on any atom is -0.348 e. The number of rotatable bonds is 2. The highest BCUT2D eigenvalue weighted by atomic mass is 16.2. The Kier molecular flexibility index (Phi) is 3.49. The molecular weight excluding hydrogens is 238 g/mol. The summed E-state index contributed by atoms with van der Waals surface area (Å²) in [6.07, 6.45) is 10.8. The summed E-state index contributed by atoms with van der Waals surface area (Å²) in [5.74, 6) is 0.00972. The van der Waals surface area contributed by atoms with Gasteiger partial charge in [-0.2, -0.15) is 0 Å². The lowest BCUT2D eigenvalue weighted by Gasteiger charge is -2.16. The van der Waals surface area contributed by atoms with Crippen molar-refractivity contribution in [2.45, 2.75) is 44.6 Å². The van der Waals surface area contributed by atoms with E-state index in [1.807, 2.05) is 28.8 Å². The first-order valence-electron chi connectivity index (χ1n) is 7.07. The Morgan fingerprint density at radius 2 is 2.00 bits per heavy atom. The molecule has 4 heteroatoms. The molecular formula is C15H19N3O. The van der Waals surface area contributed by atoms with Crippen molar-refractivity contribution < 1.29 is 4.79 Å². The third-order valence-corrected chi connectivity index (χ3v) is 3.85. The summed E-state index contributed by atoms with van der Waals surface area (Å²) in [6, 6.07) is 5.96. The summed E-state index contributed by atoms with van der Waals surface area (Å²) < 4.78 is 1.84. The molecule has 1 aliphatic carbocycles. The van der Waals surface area contributed by atoms with E-state index in [0.29, 0.717) is 11.7 Å². The molecule has 0 bridgehead atoms. The molecule has 100 valence electrons. The molecule has 3 rings (SSSR count). The molecule has 0 aromatic carbocycles. The molecule has 1 saturated carbocycles. The van der Waals surface area contributed by atoms with Crippen LogP contribution in [-0.2, 0) is 0 Å². The van der Waals surface area contributed by atoms with E-state index in [1.165, 1.54) is 25.7 Å². The van der Waals surface area contributed by atoms with Crippen molar-refractivity contribution in [3.05, 3.63) is 36.3 Å². The number of amides is 1. The van der Waals surface area contributed by atoms with Gasteiger partial charge >= 0.3 is 0 Å². The summed E-state index contributed by atoms with van der Waals surface area (Å²) in [4.78, 5) is 16.6. The molecule has 19 heavy (non-hydrogen) atoms. The number of fused-ring (bicyclic) bond motifs is 1. The molecule has 1 N–H and O–H groups in total. The zero-order chi connectivity index (χ0) is 13.1. The van der Waals surface area contributed by atoms with Gasteiger partial charge in [0.25, 0.3) is 5.91 Å². The molecule has 0 radical (unpaired) electrons. The Bertz CT molecular complexity index is 568. The number of aromatic nitrogens is 2. The first kappa shape index (κ1) is 12.2. The maximum absolute atomic E-state index is 12.4. The van der Waals surface area contributed by atoms with Gasteiger partial charge in [-0.1, -0.05) is 31.7 Å². The summed E-state index contributed by atoms with van der Waals surface area (Å²) in [7, 11) is 0. The fourth-order valence-corrected chi connectivity index (χ4v) is 2.82. The van der Waals surface area contributed by atoms with Crippen LogP contribution in [0.25, 0.3) is 5.65 Å². The molecule has 1 aliphatic rings. The summed E-state index contributed by atoms with van der Waals surface area (Å²) >= 11 is 0. The Labute approximate surface area is 112 Å².